The molecule has 0 saturated carbocycles. The van der Waals surface area contributed by atoms with Crippen LogP contribution in [0.2, 0.25) is 0 Å². The summed E-state index contributed by atoms with van der Waals surface area (Å²) < 4.78 is 0. The van der Waals surface area contributed by atoms with Crippen LogP contribution in [0.15, 0.2) is 79.5 Å². The second-order valence-electron chi connectivity index (χ2n) is 9.23. The maximum Gasteiger partial charge on any atom is 0.247 e. The lowest BCUT2D eigenvalue weighted by Crippen LogP contribution is -2.47. The molecular formula is C30H29N7O2. The Labute approximate surface area is 227 Å². The molecule has 3 N–H and O–H groups in total. The minimum Gasteiger partial charge on any atom is -0.395 e. The standard InChI is InChI=1S/C30H29N7O2/c1-2-28(39)33-24-7-3-5-21(17-24)26-8-4-6-22-20-32-30(35-29(22)26)34-25-9-10-27(23(18-25)19-31)37-13-11-36(12-14-37)15-16-38/h2-10,17-18,20,38H,1,11-16H2,(H,33,39)(H,32,34,35). The Morgan fingerprint density at radius 2 is 1.90 bits per heavy atom. The number of benzene rings is 3. The fraction of sp³-hybridized carbons (Fsp3) is 0.200. The van der Waals surface area contributed by atoms with E-state index in [2.05, 4.69) is 38.1 Å². The molecule has 1 aromatic heterocycles. The normalized spacial score (nSPS) is 13.6. The maximum absolute atomic E-state index is 11.8. The van der Waals surface area contributed by atoms with Crippen molar-refractivity contribution in [3.05, 3.63) is 85.1 Å². The van der Waals surface area contributed by atoms with Crippen molar-refractivity contribution in [1.82, 2.24) is 14.9 Å². The molecule has 0 atom stereocenters. The van der Waals surface area contributed by atoms with Gasteiger partial charge in [-0.25, -0.2) is 9.97 Å². The molecule has 0 bridgehead atoms. The van der Waals surface area contributed by atoms with E-state index in [1.54, 1.807) is 6.20 Å². The highest BCUT2D eigenvalue weighted by Gasteiger charge is 2.19. The second kappa shape index (κ2) is 11.7. The van der Waals surface area contributed by atoms with Crippen LogP contribution < -0.4 is 15.5 Å². The molecule has 1 saturated heterocycles. The summed E-state index contributed by atoms with van der Waals surface area (Å²) in [7, 11) is 0. The third kappa shape index (κ3) is 5.88. The van der Waals surface area contributed by atoms with Crippen molar-refractivity contribution in [2.75, 3.05) is 54.9 Å². The quantitative estimate of drug-likeness (QED) is 0.297. The summed E-state index contributed by atoms with van der Waals surface area (Å²) in [5, 5.41) is 26.0. The van der Waals surface area contributed by atoms with Gasteiger partial charge in [-0.3, -0.25) is 9.69 Å². The van der Waals surface area contributed by atoms with Gasteiger partial charge < -0.3 is 20.6 Å². The van der Waals surface area contributed by atoms with E-state index in [1.165, 1.54) is 6.08 Å². The van der Waals surface area contributed by atoms with Gasteiger partial charge in [0.05, 0.1) is 23.4 Å². The molecule has 196 valence electrons. The zero-order valence-electron chi connectivity index (χ0n) is 21.5. The van der Waals surface area contributed by atoms with Crippen LogP contribution in [0.3, 0.4) is 0 Å². The molecule has 0 radical (unpaired) electrons. The molecule has 9 nitrogen and oxygen atoms in total. The first-order chi connectivity index (χ1) is 19.1. The first-order valence-electron chi connectivity index (χ1n) is 12.8. The third-order valence-corrected chi connectivity index (χ3v) is 6.74. The summed E-state index contributed by atoms with van der Waals surface area (Å²) in [6, 6.07) is 21.5. The van der Waals surface area contributed by atoms with Gasteiger partial charge in [-0.2, -0.15) is 5.26 Å². The average Bonchev–Trinajstić information content (AvgIpc) is 2.97. The highest BCUT2D eigenvalue weighted by Crippen LogP contribution is 2.31. The molecule has 39 heavy (non-hydrogen) atoms. The molecular weight excluding hydrogens is 490 g/mol. The van der Waals surface area contributed by atoms with Gasteiger partial charge >= 0.3 is 0 Å². The second-order valence-corrected chi connectivity index (χ2v) is 9.23. The van der Waals surface area contributed by atoms with E-state index in [0.29, 0.717) is 23.7 Å². The molecule has 2 heterocycles. The molecule has 0 aliphatic carbocycles. The van der Waals surface area contributed by atoms with Crippen LogP contribution in [0.25, 0.3) is 22.0 Å². The van der Waals surface area contributed by atoms with E-state index < -0.39 is 0 Å². The number of aliphatic hydroxyl groups is 1. The first kappa shape index (κ1) is 25.9. The number of aromatic nitrogens is 2. The monoisotopic (exact) mass is 519 g/mol. The fourth-order valence-electron chi connectivity index (χ4n) is 4.77. The van der Waals surface area contributed by atoms with Gasteiger partial charge in [0.2, 0.25) is 11.9 Å². The number of rotatable bonds is 8. The van der Waals surface area contributed by atoms with Crippen molar-refractivity contribution in [2.24, 2.45) is 0 Å². The van der Waals surface area contributed by atoms with Crippen LogP contribution in [0.1, 0.15) is 5.56 Å². The zero-order valence-corrected chi connectivity index (χ0v) is 21.5. The number of hydrogen-bond donors (Lipinski definition) is 3. The van der Waals surface area contributed by atoms with Crippen molar-refractivity contribution in [3.8, 4) is 17.2 Å². The highest BCUT2D eigenvalue weighted by atomic mass is 16.3. The number of β-amino-alcohol motifs (C(OH)–C–C–N with tert-alkyl or cyclic N) is 1. The summed E-state index contributed by atoms with van der Waals surface area (Å²) in [5.74, 6) is 0.144. The summed E-state index contributed by atoms with van der Waals surface area (Å²) in [5.41, 5.74) is 5.44. The van der Waals surface area contributed by atoms with Crippen molar-refractivity contribution in [2.45, 2.75) is 0 Å². The summed E-state index contributed by atoms with van der Waals surface area (Å²) >= 11 is 0. The Hall–Kier alpha value is -4.78. The predicted molar refractivity (Wildman–Crippen MR) is 154 cm³/mol. The van der Waals surface area contributed by atoms with Gasteiger partial charge in [-0.15, -0.1) is 0 Å². The largest absolute Gasteiger partial charge is 0.395 e. The Balaban J connectivity index is 1.39. The van der Waals surface area contributed by atoms with E-state index in [9.17, 15) is 15.2 Å². The van der Waals surface area contributed by atoms with Crippen molar-refractivity contribution in [1.29, 1.82) is 5.26 Å². The van der Waals surface area contributed by atoms with Crippen molar-refractivity contribution < 1.29 is 9.90 Å². The number of anilines is 4. The number of nitriles is 1. The van der Waals surface area contributed by atoms with Crippen LogP contribution in [-0.2, 0) is 4.79 Å². The van der Waals surface area contributed by atoms with Gasteiger partial charge in [0.1, 0.15) is 6.07 Å². The molecule has 1 fully saturated rings. The molecule has 3 aromatic carbocycles. The summed E-state index contributed by atoms with van der Waals surface area (Å²) in [6.07, 6.45) is 3.00. The van der Waals surface area contributed by atoms with E-state index >= 15 is 0 Å². The van der Waals surface area contributed by atoms with Gasteiger partial charge in [-0.05, 0) is 42.0 Å². The average molecular weight is 520 g/mol. The molecule has 1 amide bonds. The molecule has 9 heteroatoms. The topological polar surface area (TPSA) is 117 Å². The number of aliphatic hydroxyl groups excluding tert-OH is 1. The number of fused-ring (bicyclic) bond motifs is 1. The number of piperazine rings is 1. The van der Waals surface area contributed by atoms with Gasteiger partial charge in [0, 0.05) is 61.2 Å². The minimum atomic E-state index is -0.273. The van der Waals surface area contributed by atoms with E-state index in [0.717, 1.165) is 59.6 Å². The van der Waals surface area contributed by atoms with Gasteiger partial charge in [-0.1, -0.05) is 36.9 Å². The highest BCUT2D eigenvalue weighted by molar-refractivity contribution is 6.00. The number of hydrogen-bond acceptors (Lipinski definition) is 8. The number of amides is 1. The fourth-order valence-corrected chi connectivity index (χ4v) is 4.77. The first-order valence-corrected chi connectivity index (χ1v) is 12.8. The molecule has 0 spiro atoms. The number of para-hydroxylation sites is 1. The molecule has 1 aliphatic rings. The maximum atomic E-state index is 11.8. The Morgan fingerprint density at radius 1 is 1.08 bits per heavy atom. The summed E-state index contributed by atoms with van der Waals surface area (Å²) in [6.45, 7) is 7.64. The third-order valence-electron chi connectivity index (χ3n) is 6.74. The van der Waals surface area contributed by atoms with Gasteiger partial charge in [0.25, 0.3) is 0 Å². The number of carbonyl (C=O) groups is 1. The molecule has 5 rings (SSSR count). The van der Waals surface area contributed by atoms with Crippen LogP contribution in [0.5, 0.6) is 0 Å². The minimum absolute atomic E-state index is 0.155. The van der Waals surface area contributed by atoms with Crippen molar-refractivity contribution in [3.63, 3.8) is 0 Å². The van der Waals surface area contributed by atoms with E-state index in [4.69, 9.17) is 4.98 Å². The Morgan fingerprint density at radius 3 is 2.67 bits per heavy atom. The number of carbonyl (C=O) groups excluding carboxylic acids is 1. The molecule has 4 aromatic rings. The molecule has 0 unspecified atom stereocenters. The van der Waals surface area contributed by atoms with E-state index in [-0.39, 0.29) is 12.5 Å². The summed E-state index contributed by atoms with van der Waals surface area (Å²) in [4.78, 5) is 25.5. The van der Waals surface area contributed by atoms with E-state index in [1.807, 2.05) is 60.7 Å². The van der Waals surface area contributed by atoms with Crippen molar-refractivity contribution >= 4 is 39.8 Å². The lowest BCUT2D eigenvalue weighted by atomic mass is 10.0. The van der Waals surface area contributed by atoms with Crippen LogP contribution >= 0.6 is 0 Å². The smallest absolute Gasteiger partial charge is 0.247 e. The Kier molecular flexibility index (Phi) is 7.78. The SMILES string of the molecule is C=CC(=O)Nc1cccc(-c2cccc3cnc(Nc4ccc(N5CCN(CCO)CC5)c(C#N)c4)nc23)c1. The number of nitrogens with one attached hydrogen (secondary N) is 2. The lowest BCUT2D eigenvalue weighted by Gasteiger charge is -2.36. The van der Waals surface area contributed by atoms with Gasteiger partial charge in [0.15, 0.2) is 0 Å². The van der Waals surface area contributed by atoms with Crippen LogP contribution in [0.4, 0.5) is 23.0 Å². The number of nitrogens with zero attached hydrogens (tertiary/aromatic N) is 5. The van der Waals surface area contributed by atoms with Crippen LogP contribution in [-0.4, -0.2) is 65.2 Å². The predicted octanol–water partition coefficient (Wildman–Crippen LogP) is 4.15. The molecule has 1 aliphatic heterocycles. The lowest BCUT2D eigenvalue weighted by molar-refractivity contribution is -0.111. The van der Waals surface area contributed by atoms with Crippen LogP contribution in [0, 0.1) is 11.3 Å². The Bertz CT molecular complexity index is 1550. The zero-order chi connectivity index (χ0) is 27.2.